The third kappa shape index (κ3) is 3.72. The molecule has 3 aromatic heterocycles. The number of fused-ring (bicyclic) bond motifs is 5. The number of pyridine rings is 2. The first kappa shape index (κ1) is 22.4. The molecule has 1 atom stereocenters. The van der Waals surface area contributed by atoms with Gasteiger partial charge in [0.25, 0.3) is 5.56 Å². The van der Waals surface area contributed by atoms with E-state index in [-0.39, 0.29) is 13.0 Å². The van der Waals surface area contributed by atoms with Crippen molar-refractivity contribution in [3.8, 4) is 11.4 Å². The van der Waals surface area contributed by atoms with Gasteiger partial charge in [-0.1, -0.05) is 19.6 Å². The van der Waals surface area contributed by atoms with Gasteiger partial charge in [-0.3, -0.25) is 19.2 Å². The van der Waals surface area contributed by atoms with Gasteiger partial charge >= 0.3 is 0 Å². The molecule has 2 aliphatic rings. The molecule has 6 nitrogen and oxygen atoms in total. The van der Waals surface area contributed by atoms with E-state index in [9.17, 15) is 4.79 Å². The van der Waals surface area contributed by atoms with Crippen molar-refractivity contribution in [2.45, 2.75) is 46.3 Å². The van der Waals surface area contributed by atoms with Crippen LogP contribution in [0.2, 0.25) is 0 Å². The van der Waals surface area contributed by atoms with E-state index in [1.807, 2.05) is 25.1 Å². The summed E-state index contributed by atoms with van der Waals surface area (Å²) in [6.07, 6.45) is 7.22. The number of hydrogen-bond acceptors (Lipinski definition) is 4. The number of benzene rings is 1. The zero-order valence-electron chi connectivity index (χ0n) is 19.1. The number of nitrogens with zero attached hydrogens (tertiary/aromatic N) is 4. The second-order valence-electron chi connectivity index (χ2n) is 9.23. The van der Waals surface area contributed by atoms with Crippen molar-refractivity contribution in [3.05, 3.63) is 87.7 Å². The Labute approximate surface area is 200 Å². The molecule has 6 heteroatoms. The Morgan fingerprint density at radius 1 is 1.12 bits per heavy atom. The molecule has 4 aromatic rings. The lowest BCUT2D eigenvalue weighted by Gasteiger charge is -2.30. The summed E-state index contributed by atoms with van der Waals surface area (Å²) < 4.78 is 9.85. The Kier molecular flexibility index (Phi) is 5.78. The minimum atomic E-state index is -0.102. The summed E-state index contributed by atoms with van der Waals surface area (Å²) in [6.45, 7) is 4.70. The Morgan fingerprint density at radius 3 is 2.79 bits per heavy atom. The molecular weight excluding hydrogens is 424 g/mol. The monoisotopic (exact) mass is 456 g/mol. The largest absolute Gasteiger partial charge is 0.489 e. The van der Waals surface area contributed by atoms with Crippen molar-refractivity contribution in [1.82, 2.24) is 19.0 Å². The van der Waals surface area contributed by atoms with Gasteiger partial charge in [0, 0.05) is 66.9 Å². The molecule has 1 fully saturated rings. The molecule has 1 saturated heterocycles. The van der Waals surface area contributed by atoms with E-state index in [1.54, 1.807) is 23.0 Å². The van der Waals surface area contributed by atoms with Gasteiger partial charge in [0.05, 0.1) is 11.2 Å². The summed E-state index contributed by atoms with van der Waals surface area (Å²) >= 11 is 0. The molecule has 176 valence electrons. The van der Waals surface area contributed by atoms with Crippen LogP contribution in [-0.4, -0.2) is 32.1 Å². The lowest BCUT2D eigenvalue weighted by molar-refractivity contribution is 0.242. The smallest absolute Gasteiger partial charge is 0.258 e. The molecular formula is C28H32N4O2. The molecule has 1 unspecified atom stereocenters. The molecule has 34 heavy (non-hydrogen) atoms. The Morgan fingerprint density at radius 2 is 2.00 bits per heavy atom. The summed E-state index contributed by atoms with van der Waals surface area (Å²) in [7, 11) is 2.16. The van der Waals surface area contributed by atoms with Crippen LogP contribution in [0.3, 0.4) is 0 Å². The molecule has 1 aromatic carbocycles. The first-order chi connectivity index (χ1) is 16.1. The predicted octanol–water partition coefficient (Wildman–Crippen LogP) is 4.94. The fourth-order valence-electron chi connectivity index (χ4n) is 5.52. The van der Waals surface area contributed by atoms with E-state index in [4.69, 9.17) is 4.74 Å². The van der Waals surface area contributed by atoms with Crippen LogP contribution < -0.4 is 10.3 Å². The summed E-state index contributed by atoms with van der Waals surface area (Å²) in [5.74, 6) is 0.563. The zero-order valence-corrected chi connectivity index (χ0v) is 19.1. The van der Waals surface area contributed by atoms with Gasteiger partial charge in [-0.25, -0.2) is 0 Å². The van der Waals surface area contributed by atoms with E-state index in [1.165, 1.54) is 41.5 Å². The molecule has 0 bridgehead atoms. The number of ether oxygens (including phenoxy) is 1. The van der Waals surface area contributed by atoms with Crippen molar-refractivity contribution in [2.75, 3.05) is 13.1 Å². The van der Waals surface area contributed by atoms with Crippen molar-refractivity contribution in [3.63, 3.8) is 0 Å². The van der Waals surface area contributed by atoms with E-state index in [0.29, 0.717) is 18.4 Å². The second-order valence-corrected chi connectivity index (χ2v) is 9.23. The maximum Gasteiger partial charge on any atom is 0.258 e. The quantitative estimate of drug-likeness (QED) is 0.436. The Balaban J connectivity index is 0.00000241. The molecule has 6 rings (SSSR count). The summed E-state index contributed by atoms with van der Waals surface area (Å²) in [5, 5.41) is 1.33. The Hall–Kier alpha value is -3.38. The van der Waals surface area contributed by atoms with Gasteiger partial charge in [0.15, 0.2) is 0 Å². The van der Waals surface area contributed by atoms with Crippen LogP contribution in [-0.2, 0) is 20.1 Å². The Bertz CT molecular complexity index is 1400. The van der Waals surface area contributed by atoms with Crippen LogP contribution >= 0.6 is 0 Å². The third-order valence-corrected chi connectivity index (χ3v) is 7.23. The van der Waals surface area contributed by atoms with Crippen LogP contribution in [0.15, 0.2) is 59.7 Å². The summed E-state index contributed by atoms with van der Waals surface area (Å²) in [4.78, 5) is 19.8. The van der Waals surface area contributed by atoms with Crippen LogP contribution in [0.4, 0.5) is 0 Å². The van der Waals surface area contributed by atoms with Gasteiger partial charge in [0.2, 0.25) is 0 Å². The van der Waals surface area contributed by atoms with Crippen molar-refractivity contribution < 1.29 is 4.74 Å². The maximum atomic E-state index is 12.9. The van der Waals surface area contributed by atoms with Crippen LogP contribution in [0.5, 0.6) is 5.75 Å². The van der Waals surface area contributed by atoms with E-state index in [0.717, 1.165) is 29.9 Å². The average Bonchev–Trinajstić information content (AvgIpc) is 3.41. The highest BCUT2D eigenvalue weighted by atomic mass is 16.5. The minimum Gasteiger partial charge on any atom is -0.489 e. The number of aryl methyl sites for hydroxylation is 2. The fraction of sp³-hybridized carbons (Fsp3) is 0.357. The van der Waals surface area contributed by atoms with Gasteiger partial charge in [-0.2, -0.15) is 0 Å². The average molecular weight is 457 g/mol. The van der Waals surface area contributed by atoms with Crippen molar-refractivity contribution >= 4 is 10.9 Å². The molecule has 0 spiro atoms. The maximum absolute atomic E-state index is 12.9. The molecule has 0 N–H and O–H groups in total. The first-order valence-corrected chi connectivity index (χ1v) is 11.7. The first-order valence-electron chi connectivity index (χ1n) is 11.7. The second kappa shape index (κ2) is 8.76. The van der Waals surface area contributed by atoms with Crippen LogP contribution in [0, 0.1) is 6.92 Å². The summed E-state index contributed by atoms with van der Waals surface area (Å²) in [5.41, 5.74) is 6.88. The highest BCUT2D eigenvalue weighted by Crippen LogP contribution is 2.42. The molecule has 2 aliphatic heterocycles. The van der Waals surface area contributed by atoms with Crippen LogP contribution in [0.1, 0.15) is 48.8 Å². The number of hydrogen-bond donors (Lipinski definition) is 0. The van der Waals surface area contributed by atoms with Gasteiger partial charge < -0.3 is 9.30 Å². The molecule has 0 saturated carbocycles. The minimum absolute atomic E-state index is 0. The highest BCUT2D eigenvalue weighted by Gasteiger charge is 2.34. The zero-order chi connectivity index (χ0) is 22.5. The van der Waals surface area contributed by atoms with Gasteiger partial charge in [0.1, 0.15) is 12.4 Å². The number of rotatable bonds is 4. The molecule has 0 aliphatic carbocycles. The topological polar surface area (TPSA) is 52.3 Å². The standard InChI is InChI=1S/C27H28N4O2.CH4/c1-18-5-6-19(16-28-18)17-33-21-9-13-31(26(32)15-21)20-7-8-22-25(14-20)29(2)23-10-12-30-11-3-4-24(30)27(22)23;/h5-9,13-16,24H,3-4,10-12,17H2,1-2H3;1H4. The molecule has 0 radical (unpaired) electrons. The lowest BCUT2D eigenvalue weighted by atomic mass is 9.96. The van der Waals surface area contributed by atoms with Crippen molar-refractivity contribution in [1.29, 1.82) is 0 Å². The van der Waals surface area contributed by atoms with Gasteiger partial charge in [-0.05, 0) is 56.1 Å². The molecule has 0 amide bonds. The summed E-state index contributed by atoms with van der Waals surface area (Å²) in [6, 6.07) is 14.3. The molecule has 5 heterocycles. The van der Waals surface area contributed by atoms with E-state index in [2.05, 4.69) is 39.7 Å². The van der Waals surface area contributed by atoms with Gasteiger partial charge in [-0.15, -0.1) is 0 Å². The highest BCUT2D eigenvalue weighted by molar-refractivity contribution is 5.88. The predicted molar refractivity (Wildman–Crippen MR) is 136 cm³/mol. The van der Waals surface area contributed by atoms with E-state index < -0.39 is 0 Å². The third-order valence-electron chi connectivity index (χ3n) is 7.23. The van der Waals surface area contributed by atoms with Crippen molar-refractivity contribution in [2.24, 2.45) is 7.05 Å². The van der Waals surface area contributed by atoms with Crippen LogP contribution in [0.25, 0.3) is 16.6 Å². The fourth-order valence-corrected chi connectivity index (χ4v) is 5.52. The SMILES string of the molecule is C.Cc1ccc(COc2ccn(-c3ccc4c5c(n(C)c4c3)CCN3CCCC53)c(=O)c2)cn1. The number of aromatic nitrogens is 3. The van der Waals surface area contributed by atoms with E-state index >= 15 is 0 Å². The lowest BCUT2D eigenvalue weighted by Crippen LogP contribution is -2.31. The normalized spacial score (nSPS) is 17.3.